The van der Waals surface area contributed by atoms with Gasteiger partial charge in [-0.3, -0.25) is 9.59 Å². The second kappa shape index (κ2) is 7.96. The molecule has 0 saturated carbocycles. The van der Waals surface area contributed by atoms with E-state index < -0.39 is 17.5 Å². The highest BCUT2D eigenvalue weighted by molar-refractivity contribution is 6.00. The zero-order valence-electron chi connectivity index (χ0n) is 18.1. The van der Waals surface area contributed by atoms with Crippen LogP contribution in [0.25, 0.3) is 0 Å². The predicted molar refractivity (Wildman–Crippen MR) is 118 cm³/mol. The first-order valence-electron chi connectivity index (χ1n) is 10.2. The molecule has 2 aliphatic rings. The van der Waals surface area contributed by atoms with Crippen molar-refractivity contribution in [3.05, 3.63) is 89.0 Å². The van der Waals surface area contributed by atoms with E-state index in [-0.39, 0.29) is 12.2 Å². The molecule has 0 amide bonds. The molecule has 0 radical (unpaired) electrons. The van der Waals surface area contributed by atoms with E-state index in [9.17, 15) is 14.4 Å². The van der Waals surface area contributed by atoms with Gasteiger partial charge in [-0.05, 0) is 37.6 Å². The van der Waals surface area contributed by atoms with E-state index in [2.05, 4.69) is 6.58 Å². The number of rotatable bonds is 4. The average Bonchev–Trinajstić information content (AvgIpc) is 2.99. The molecule has 1 saturated heterocycles. The molecule has 2 aromatic carbocycles. The maximum absolute atomic E-state index is 12.9. The maximum atomic E-state index is 12.9. The van der Waals surface area contributed by atoms with Gasteiger partial charge in [-0.1, -0.05) is 36.9 Å². The van der Waals surface area contributed by atoms with Gasteiger partial charge < -0.3 is 14.2 Å². The average molecular weight is 430 g/mol. The normalized spacial score (nSPS) is 21.0. The van der Waals surface area contributed by atoms with E-state index >= 15 is 0 Å². The molecule has 2 heterocycles. The topological polar surface area (TPSA) is 78.9 Å². The third-order valence-corrected chi connectivity index (χ3v) is 5.40. The van der Waals surface area contributed by atoms with Crippen molar-refractivity contribution >= 4 is 17.7 Å². The summed E-state index contributed by atoms with van der Waals surface area (Å²) in [5.74, 6) is 0.239. The Bertz CT molecular complexity index is 1170. The van der Waals surface area contributed by atoms with Gasteiger partial charge in [0.1, 0.15) is 23.0 Å². The smallest absolute Gasteiger partial charge is 0.339 e. The molecular weight excluding hydrogens is 408 g/mol. The Hall–Kier alpha value is -3.93. The van der Waals surface area contributed by atoms with Gasteiger partial charge >= 0.3 is 11.9 Å². The van der Waals surface area contributed by atoms with Gasteiger partial charge in [-0.2, -0.15) is 0 Å². The number of esters is 2. The molecule has 162 valence electrons. The van der Waals surface area contributed by atoms with E-state index in [1.54, 1.807) is 49.4 Å². The molecule has 4 rings (SSSR count). The van der Waals surface area contributed by atoms with Crippen molar-refractivity contribution in [3.8, 4) is 17.2 Å². The highest BCUT2D eigenvalue weighted by Crippen LogP contribution is 2.58. The van der Waals surface area contributed by atoms with Crippen LogP contribution < -0.4 is 9.47 Å². The number of fused-ring (bicyclic) bond motifs is 4. The van der Waals surface area contributed by atoms with Gasteiger partial charge in [-0.25, -0.2) is 4.79 Å². The van der Waals surface area contributed by atoms with E-state index in [4.69, 9.17) is 14.2 Å². The Balaban J connectivity index is 2.01. The van der Waals surface area contributed by atoms with E-state index in [0.29, 0.717) is 39.5 Å². The number of benzene rings is 2. The minimum atomic E-state index is -1.26. The highest BCUT2D eigenvalue weighted by atomic mass is 16.6. The minimum Gasteiger partial charge on any atom is -0.456 e. The first-order valence-corrected chi connectivity index (χ1v) is 10.2. The van der Waals surface area contributed by atoms with Crippen LogP contribution in [-0.2, 0) is 31.1 Å². The van der Waals surface area contributed by atoms with Crippen LogP contribution in [0.1, 0.15) is 37.5 Å². The molecule has 0 bridgehead atoms. The fourth-order valence-electron chi connectivity index (χ4n) is 4.26. The lowest BCUT2D eigenvalue weighted by Crippen LogP contribution is -2.33. The number of carbonyl (C=O) groups excluding carboxylic acids is 3. The minimum absolute atomic E-state index is 0.0174. The van der Waals surface area contributed by atoms with Crippen molar-refractivity contribution in [3.63, 3.8) is 0 Å². The number of allylic oxidation sites excluding steroid dienone is 3. The Morgan fingerprint density at radius 3 is 2.41 bits per heavy atom. The van der Waals surface area contributed by atoms with Crippen LogP contribution in [0, 0.1) is 0 Å². The summed E-state index contributed by atoms with van der Waals surface area (Å²) < 4.78 is 17.5. The highest BCUT2D eigenvalue weighted by Gasteiger charge is 2.55. The van der Waals surface area contributed by atoms with Crippen LogP contribution in [-0.4, -0.2) is 17.7 Å². The Labute approximate surface area is 185 Å². The van der Waals surface area contributed by atoms with Crippen molar-refractivity contribution in [1.29, 1.82) is 0 Å². The van der Waals surface area contributed by atoms with Gasteiger partial charge in [0.05, 0.1) is 5.57 Å². The maximum Gasteiger partial charge on any atom is 0.339 e. The summed E-state index contributed by atoms with van der Waals surface area (Å²) in [7, 11) is 0. The summed E-state index contributed by atoms with van der Waals surface area (Å²) in [5, 5.41) is 0. The number of hydrogen-bond donors (Lipinski definition) is 0. The number of hydrogen-bond acceptors (Lipinski definition) is 6. The van der Waals surface area contributed by atoms with Crippen LogP contribution >= 0.6 is 0 Å². The molecule has 1 atom stereocenters. The van der Waals surface area contributed by atoms with Crippen LogP contribution in [0.4, 0.5) is 0 Å². The van der Waals surface area contributed by atoms with Gasteiger partial charge in [0.25, 0.3) is 0 Å². The SMILES string of the molecule is C=C/C=C1\C(=C/C)C(=O)OC12c1ccc(CC(C)=O)cc1Oc1cc(OC(C)=O)ccc12. The monoisotopic (exact) mass is 430 g/mol. The van der Waals surface area contributed by atoms with E-state index in [1.807, 2.05) is 12.1 Å². The molecule has 0 aliphatic carbocycles. The third-order valence-electron chi connectivity index (χ3n) is 5.40. The third kappa shape index (κ3) is 3.34. The number of ether oxygens (including phenoxy) is 3. The zero-order chi connectivity index (χ0) is 23.0. The molecule has 6 heteroatoms. The van der Waals surface area contributed by atoms with Crippen LogP contribution in [0.2, 0.25) is 0 Å². The largest absolute Gasteiger partial charge is 0.456 e. The first-order chi connectivity index (χ1) is 15.3. The molecule has 0 N–H and O–H groups in total. The fourth-order valence-corrected chi connectivity index (χ4v) is 4.26. The second-order valence-corrected chi connectivity index (χ2v) is 7.65. The van der Waals surface area contributed by atoms with Crippen LogP contribution in [0.15, 0.2) is 72.4 Å². The summed E-state index contributed by atoms with van der Waals surface area (Å²) in [4.78, 5) is 36.0. The molecule has 2 aromatic rings. The molecule has 32 heavy (non-hydrogen) atoms. The van der Waals surface area contributed by atoms with Crippen LogP contribution in [0.3, 0.4) is 0 Å². The van der Waals surface area contributed by atoms with E-state index in [1.165, 1.54) is 13.8 Å². The first kappa shape index (κ1) is 21.3. The molecular formula is C26H22O6. The quantitative estimate of drug-likeness (QED) is 0.397. The van der Waals surface area contributed by atoms with Crippen molar-refractivity contribution < 1.29 is 28.6 Å². The molecule has 2 aliphatic heterocycles. The molecule has 1 spiro atoms. The summed E-state index contributed by atoms with van der Waals surface area (Å²) in [5.41, 5.74) is 1.80. The number of Topliss-reactive ketones (excluding diaryl/α,β-unsaturated/α-hetero) is 1. The lowest BCUT2D eigenvalue weighted by atomic mass is 9.76. The van der Waals surface area contributed by atoms with Gasteiger partial charge in [0.2, 0.25) is 0 Å². The molecule has 1 unspecified atom stereocenters. The standard InChI is InChI=1S/C26H22O6/c1-5-7-20-19(6-2)25(29)32-26(20)21-10-8-17(12-15(3)27)13-23(21)31-24-14-18(30-16(4)28)9-11-22(24)26/h5-11,13-14H,1,12H2,2-4H3/b19-6+,20-7+. The van der Waals surface area contributed by atoms with Gasteiger partial charge in [-0.15, -0.1) is 0 Å². The molecule has 0 aromatic heterocycles. The summed E-state index contributed by atoms with van der Waals surface area (Å²) in [6, 6.07) is 10.4. The Kier molecular flexibility index (Phi) is 5.30. The van der Waals surface area contributed by atoms with E-state index in [0.717, 1.165) is 5.56 Å². The molecule has 1 fully saturated rings. The summed E-state index contributed by atoms with van der Waals surface area (Å²) in [6.07, 6.45) is 5.31. The fraction of sp³-hybridized carbons (Fsp3) is 0.192. The second-order valence-electron chi connectivity index (χ2n) is 7.65. The lowest BCUT2D eigenvalue weighted by molar-refractivity contribution is -0.143. The van der Waals surface area contributed by atoms with Crippen molar-refractivity contribution in [2.45, 2.75) is 32.8 Å². The zero-order valence-corrected chi connectivity index (χ0v) is 18.1. The van der Waals surface area contributed by atoms with Crippen molar-refractivity contribution in [1.82, 2.24) is 0 Å². The Morgan fingerprint density at radius 1 is 1.09 bits per heavy atom. The lowest BCUT2D eigenvalue weighted by Gasteiger charge is -2.37. The molecule has 6 nitrogen and oxygen atoms in total. The number of ketones is 1. The van der Waals surface area contributed by atoms with Crippen LogP contribution in [0.5, 0.6) is 17.2 Å². The summed E-state index contributed by atoms with van der Waals surface area (Å²) >= 11 is 0. The van der Waals surface area contributed by atoms with Gasteiger partial charge in [0.15, 0.2) is 5.60 Å². The predicted octanol–water partition coefficient (Wildman–Crippen LogP) is 4.71. The van der Waals surface area contributed by atoms with Gasteiger partial charge in [0, 0.05) is 36.1 Å². The van der Waals surface area contributed by atoms with Crippen molar-refractivity contribution in [2.24, 2.45) is 0 Å². The Morgan fingerprint density at radius 2 is 1.78 bits per heavy atom. The van der Waals surface area contributed by atoms with Crippen molar-refractivity contribution in [2.75, 3.05) is 0 Å². The number of carbonyl (C=O) groups is 3. The summed E-state index contributed by atoms with van der Waals surface area (Å²) in [6.45, 7) is 8.41.